The number of fused-ring (bicyclic) bond motifs is 1. The third-order valence-corrected chi connectivity index (χ3v) is 7.17. The molecule has 1 amide bonds. The lowest BCUT2D eigenvalue weighted by Crippen LogP contribution is -2.16. The number of benzene rings is 2. The van der Waals surface area contributed by atoms with Crippen LogP contribution in [-0.2, 0) is 12.7 Å². The summed E-state index contributed by atoms with van der Waals surface area (Å²) in [5.74, 6) is 0.00634. The highest BCUT2D eigenvalue weighted by molar-refractivity contribution is 6.35. The van der Waals surface area contributed by atoms with Crippen molar-refractivity contribution in [1.29, 1.82) is 0 Å². The van der Waals surface area contributed by atoms with E-state index in [0.29, 0.717) is 55.2 Å². The van der Waals surface area contributed by atoms with E-state index in [9.17, 15) is 18.0 Å². The zero-order chi connectivity index (χ0) is 30.3. The Morgan fingerprint density at radius 1 is 0.976 bits per heavy atom. The molecule has 5 aromatic rings. The summed E-state index contributed by atoms with van der Waals surface area (Å²) in [4.78, 5) is 17.6. The van der Waals surface area contributed by atoms with Gasteiger partial charge in [-0.3, -0.25) is 9.48 Å². The van der Waals surface area contributed by atoms with Gasteiger partial charge in [0.1, 0.15) is 0 Å². The summed E-state index contributed by atoms with van der Waals surface area (Å²) in [6, 6.07) is 11.8. The third kappa shape index (κ3) is 5.59. The smallest absolute Gasteiger partial charge is 0.433 e. The van der Waals surface area contributed by atoms with Gasteiger partial charge in [-0.15, -0.1) is 0 Å². The van der Waals surface area contributed by atoms with Crippen LogP contribution in [0.4, 0.5) is 18.9 Å². The molecule has 5 rings (SSSR count). The Labute approximate surface area is 247 Å². The number of methoxy groups -OCH3 is 2. The lowest BCUT2D eigenvalue weighted by atomic mass is 10.1. The molecule has 0 bridgehead atoms. The van der Waals surface area contributed by atoms with Gasteiger partial charge < -0.3 is 14.8 Å². The van der Waals surface area contributed by atoms with Gasteiger partial charge in [0.25, 0.3) is 5.91 Å². The van der Waals surface area contributed by atoms with Crippen LogP contribution < -0.4 is 14.8 Å². The quantitative estimate of drug-likeness (QED) is 0.214. The molecule has 0 radical (unpaired) electrons. The number of aryl methyl sites for hydroxylation is 1. The van der Waals surface area contributed by atoms with E-state index >= 15 is 0 Å². The number of alkyl halides is 3. The molecule has 3 aromatic heterocycles. The predicted molar refractivity (Wildman–Crippen MR) is 152 cm³/mol. The first kappa shape index (κ1) is 29.2. The van der Waals surface area contributed by atoms with Gasteiger partial charge in [0.05, 0.1) is 43.5 Å². The van der Waals surface area contributed by atoms with Crippen LogP contribution >= 0.6 is 23.2 Å². The van der Waals surface area contributed by atoms with Crippen LogP contribution in [0.1, 0.15) is 33.1 Å². The van der Waals surface area contributed by atoms with Gasteiger partial charge in [-0.1, -0.05) is 29.3 Å². The predicted octanol–water partition coefficient (Wildman–Crippen LogP) is 6.85. The number of anilines is 1. The number of amides is 1. The Hall–Kier alpha value is -4.29. The van der Waals surface area contributed by atoms with Crippen molar-refractivity contribution in [2.24, 2.45) is 0 Å². The van der Waals surface area contributed by atoms with Crippen molar-refractivity contribution in [2.75, 3.05) is 19.5 Å². The number of carbonyl (C=O) groups excluding carboxylic acids is 1. The first-order valence-corrected chi connectivity index (χ1v) is 13.1. The molecule has 1 N–H and O–H groups in total. The lowest BCUT2D eigenvalue weighted by Gasteiger charge is -2.12. The minimum atomic E-state index is -4.79. The van der Waals surface area contributed by atoms with Crippen LogP contribution in [0.15, 0.2) is 48.5 Å². The summed E-state index contributed by atoms with van der Waals surface area (Å²) in [7, 11) is 2.87. The van der Waals surface area contributed by atoms with Crippen LogP contribution in [0.2, 0.25) is 10.0 Å². The summed E-state index contributed by atoms with van der Waals surface area (Å²) < 4.78 is 55.1. The van der Waals surface area contributed by atoms with Gasteiger partial charge in [-0.25, -0.2) is 9.50 Å². The Kier molecular flexibility index (Phi) is 7.78. The molecule has 9 nitrogen and oxygen atoms in total. The average Bonchev–Trinajstić information content (AvgIpc) is 3.49. The number of aromatic nitrogens is 5. The molecular weight excluding hydrogens is 596 g/mol. The second-order valence-corrected chi connectivity index (χ2v) is 10.1. The zero-order valence-corrected chi connectivity index (χ0v) is 24.2. The second-order valence-electron chi connectivity index (χ2n) is 9.29. The highest BCUT2D eigenvalue weighted by atomic mass is 35.5. The number of rotatable bonds is 7. The van der Waals surface area contributed by atoms with Crippen LogP contribution in [0.3, 0.4) is 0 Å². The van der Waals surface area contributed by atoms with Crippen LogP contribution in [-0.4, -0.2) is 44.5 Å². The molecule has 3 heterocycles. The van der Waals surface area contributed by atoms with Gasteiger partial charge >= 0.3 is 6.18 Å². The van der Waals surface area contributed by atoms with Gasteiger partial charge in [0.2, 0.25) is 0 Å². The number of carbonyl (C=O) groups is 1. The van der Waals surface area contributed by atoms with E-state index in [1.165, 1.54) is 26.4 Å². The van der Waals surface area contributed by atoms with E-state index in [2.05, 4.69) is 20.5 Å². The first-order chi connectivity index (χ1) is 19.9. The molecule has 2 aromatic carbocycles. The summed E-state index contributed by atoms with van der Waals surface area (Å²) in [5.41, 5.74) is 1.12. The Balaban J connectivity index is 1.49. The van der Waals surface area contributed by atoms with Gasteiger partial charge in [0.15, 0.2) is 28.5 Å². The lowest BCUT2D eigenvalue weighted by molar-refractivity contribution is -0.142. The van der Waals surface area contributed by atoms with Gasteiger partial charge in [-0.2, -0.15) is 23.4 Å². The summed E-state index contributed by atoms with van der Waals surface area (Å²) in [5, 5.41) is 12.1. The summed E-state index contributed by atoms with van der Waals surface area (Å²) in [6.07, 6.45) is -4.79. The minimum absolute atomic E-state index is 0.0106. The molecule has 0 saturated heterocycles. The third-order valence-electron chi connectivity index (χ3n) is 6.58. The number of ether oxygens (including phenoxy) is 2. The SMILES string of the molecule is COc1ccc(-c2cc(C(F)(F)F)n3nc(C(=O)Nc4c(C)nn(Cc5ccc(Cl)cc5Cl)c4C)cc3n2)cc1OC. The molecule has 0 fully saturated rings. The van der Waals surface area contributed by atoms with Crippen molar-refractivity contribution >= 4 is 40.4 Å². The van der Waals surface area contributed by atoms with Crippen molar-refractivity contribution in [3.05, 3.63) is 86.9 Å². The van der Waals surface area contributed by atoms with E-state index < -0.39 is 17.8 Å². The molecule has 0 unspecified atom stereocenters. The summed E-state index contributed by atoms with van der Waals surface area (Å²) in [6.45, 7) is 3.76. The van der Waals surface area contributed by atoms with E-state index in [1.54, 1.807) is 48.9 Å². The van der Waals surface area contributed by atoms with Crippen molar-refractivity contribution < 1.29 is 27.4 Å². The van der Waals surface area contributed by atoms with Crippen molar-refractivity contribution in [2.45, 2.75) is 26.6 Å². The molecule has 218 valence electrons. The maximum absolute atomic E-state index is 14.1. The first-order valence-electron chi connectivity index (χ1n) is 12.4. The molecule has 42 heavy (non-hydrogen) atoms. The molecule has 0 spiro atoms. The number of nitrogens with one attached hydrogen (secondary N) is 1. The molecule has 0 aliphatic carbocycles. The maximum atomic E-state index is 14.1. The highest BCUT2D eigenvalue weighted by Crippen LogP contribution is 2.36. The number of halogens is 5. The zero-order valence-electron chi connectivity index (χ0n) is 22.7. The molecule has 0 aliphatic heterocycles. The topological polar surface area (TPSA) is 95.6 Å². The molecule has 0 aliphatic rings. The number of hydrogen-bond acceptors (Lipinski definition) is 6. The fourth-order valence-corrected chi connectivity index (χ4v) is 4.92. The molecule has 0 atom stereocenters. The number of nitrogens with zero attached hydrogens (tertiary/aromatic N) is 5. The van der Waals surface area contributed by atoms with Crippen molar-refractivity contribution in [3.63, 3.8) is 0 Å². The fraction of sp³-hybridized carbons (Fsp3) is 0.214. The van der Waals surface area contributed by atoms with Crippen LogP contribution in [0, 0.1) is 13.8 Å². The molecular formula is C28H23Cl2F3N6O3. The van der Waals surface area contributed by atoms with Crippen molar-refractivity contribution in [1.82, 2.24) is 24.4 Å². The molecule has 14 heteroatoms. The van der Waals surface area contributed by atoms with E-state index in [0.717, 1.165) is 11.6 Å². The molecule has 0 saturated carbocycles. The largest absolute Gasteiger partial charge is 0.493 e. The highest BCUT2D eigenvalue weighted by Gasteiger charge is 2.36. The van der Waals surface area contributed by atoms with Gasteiger partial charge in [-0.05, 0) is 55.8 Å². The second kappa shape index (κ2) is 11.2. The Morgan fingerprint density at radius 2 is 1.71 bits per heavy atom. The Bertz CT molecular complexity index is 1830. The van der Waals surface area contributed by atoms with Crippen LogP contribution in [0.25, 0.3) is 16.9 Å². The van der Waals surface area contributed by atoms with Crippen molar-refractivity contribution in [3.8, 4) is 22.8 Å². The van der Waals surface area contributed by atoms with E-state index in [1.807, 2.05) is 0 Å². The monoisotopic (exact) mass is 618 g/mol. The average molecular weight is 619 g/mol. The summed E-state index contributed by atoms with van der Waals surface area (Å²) >= 11 is 12.3. The number of hydrogen-bond donors (Lipinski definition) is 1. The van der Waals surface area contributed by atoms with E-state index in [-0.39, 0.29) is 17.0 Å². The maximum Gasteiger partial charge on any atom is 0.433 e. The Morgan fingerprint density at radius 3 is 2.38 bits per heavy atom. The van der Waals surface area contributed by atoms with Gasteiger partial charge in [0, 0.05) is 21.7 Å². The fourth-order valence-electron chi connectivity index (χ4n) is 4.45. The minimum Gasteiger partial charge on any atom is -0.493 e. The standard InChI is InChI=1S/C28H23Cl2F3N6O3/c1-14-26(15(2)38(36-14)13-17-5-7-18(29)10-19(17)30)35-27(40)21-12-25-34-20(11-24(28(31,32)33)39(25)37-21)16-6-8-22(41-3)23(9-16)42-4/h5-12H,13H2,1-4H3,(H,35,40). The van der Waals surface area contributed by atoms with Crippen LogP contribution in [0.5, 0.6) is 11.5 Å². The normalized spacial score (nSPS) is 11.6. The van der Waals surface area contributed by atoms with E-state index in [4.69, 9.17) is 32.7 Å².